The van der Waals surface area contributed by atoms with Crippen LogP contribution in [-0.4, -0.2) is 6.61 Å². The zero-order valence-corrected chi connectivity index (χ0v) is 13.7. The molecule has 0 N–H and O–H groups in total. The average molecular weight is 300 g/mol. The summed E-state index contributed by atoms with van der Waals surface area (Å²) in [5.41, 5.74) is 0. The lowest BCUT2D eigenvalue weighted by Gasteiger charge is -2.01. The summed E-state index contributed by atoms with van der Waals surface area (Å²) in [5, 5.41) is 0. The van der Waals surface area contributed by atoms with Crippen LogP contribution in [-0.2, 0) is 0 Å². The number of hydrogen-bond acceptors (Lipinski definition) is 1. The van der Waals surface area contributed by atoms with Gasteiger partial charge in [0.05, 0.1) is 0 Å². The summed E-state index contributed by atoms with van der Waals surface area (Å²) in [6, 6.07) is 5.97. The van der Waals surface area contributed by atoms with E-state index in [0.29, 0.717) is 0 Å². The first kappa shape index (κ1) is 19.2. The molecule has 0 fully saturated rings. The van der Waals surface area contributed by atoms with Crippen molar-refractivity contribution >= 4 is 0 Å². The van der Waals surface area contributed by atoms with Gasteiger partial charge >= 0.3 is 0 Å². The first-order valence-corrected chi connectivity index (χ1v) is 8.03. The predicted octanol–water partition coefficient (Wildman–Crippen LogP) is 1.33. The molecular weight excluding hydrogens is 270 g/mol. The number of pyridine rings is 1. The standard InChI is InChI=1S/C17H30NO.ClH/c1-2-3-4-5-6-7-8-9-10-14-17-19-18-15-12-11-13-16-18;/h11-13,15-16H,2-10,14,17H2,1H3;1H/q+1;/p-1. The number of rotatable bonds is 12. The Morgan fingerprint density at radius 2 is 1.20 bits per heavy atom. The molecule has 0 bridgehead atoms. The van der Waals surface area contributed by atoms with Crippen LogP contribution in [0.15, 0.2) is 30.6 Å². The topological polar surface area (TPSA) is 13.1 Å². The van der Waals surface area contributed by atoms with Crippen molar-refractivity contribution in [2.75, 3.05) is 6.61 Å². The van der Waals surface area contributed by atoms with Gasteiger partial charge in [0.2, 0.25) is 12.4 Å². The largest absolute Gasteiger partial charge is 1.00 e. The van der Waals surface area contributed by atoms with E-state index in [4.69, 9.17) is 4.84 Å². The van der Waals surface area contributed by atoms with Crippen LogP contribution in [0.25, 0.3) is 0 Å². The normalized spacial score (nSPS) is 10.1. The van der Waals surface area contributed by atoms with Gasteiger partial charge in [-0.05, 0) is 12.8 Å². The summed E-state index contributed by atoms with van der Waals surface area (Å²) in [4.78, 5) is 5.59. The quantitative estimate of drug-likeness (QED) is 0.419. The molecule has 1 heterocycles. The van der Waals surface area contributed by atoms with E-state index in [0.717, 1.165) is 13.0 Å². The first-order chi connectivity index (χ1) is 9.43. The van der Waals surface area contributed by atoms with E-state index in [-0.39, 0.29) is 12.4 Å². The molecule has 0 aliphatic heterocycles. The van der Waals surface area contributed by atoms with E-state index in [2.05, 4.69) is 6.92 Å². The van der Waals surface area contributed by atoms with Gasteiger partial charge in [-0.25, -0.2) is 0 Å². The van der Waals surface area contributed by atoms with Gasteiger partial charge in [-0.3, -0.25) is 4.84 Å². The fraction of sp³-hybridized carbons (Fsp3) is 0.706. The lowest BCUT2D eigenvalue weighted by Crippen LogP contribution is -3.00. The lowest BCUT2D eigenvalue weighted by molar-refractivity contribution is -0.891. The lowest BCUT2D eigenvalue weighted by atomic mass is 10.1. The van der Waals surface area contributed by atoms with Gasteiger partial charge in [-0.2, -0.15) is 0 Å². The van der Waals surface area contributed by atoms with Crippen molar-refractivity contribution in [3.63, 3.8) is 0 Å². The maximum absolute atomic E-state index is 5.59. The zero-order chi connectivity index (χ0) is 13.6. The van der Waals surface area contributed by atoms with Crippen molar-refractivity contribution in [3.8, 4) is 0 Å². The van der Waals surface area contributed by atoms with Crippen molar-refractivity contribution in [2.45, 2.75) is 71.1 Å². The Balaban J connectivity index is 0.00000361. The molecule has 0 saturated heterocycles. The molecule has 0 aliphatic carbocycles. The zero-order valence-electron chi connectivity index (χ0n) is 12.9. The van der Waals surface area contributed by atoms with Gasteiger partial charge in [-0.15, -0.1) is 0 Å². The number of aromatic nitrogens is 1. The Morgan fingerprint density at radius 1 is 0.700 bits per heavy atom. The first-order valence-electron chi connectivity index (χ1n) is 8.03. The molecule has 3 heteroatoms. The van der Waals surface area contributed by atoms with Gasteiger partial charge in [0.15, 0.2) is 6.61 Å². The molecule has 1 aromatic rings. The van der Waals surface area contributed by atoms with E-state index < -0.39 is 0 Å². The van der Waals surface area contributed by atoms with Crippen LogP contribution in [0.4, 0.5) is 0 Å². The second kappa shape index (κ2) is 14.6. The van der Waals surface area contributed by atoms with Crippen LogP contribution >= 0.6 is 0 Å². The summed E-state index contributed by atoms with van der Waals surface area (Å²) in [7, 11) is 0. The third-order valence-corrected chi connectivity index (χ3v) is 3.43. The Kier molecular flexibility index (Phi) is 14.1. The minimum absolute atomic E-state index is 0. The highest BCUT2D eigenvalue weighted by Gasteiger charge is 1.98. The van der Waals surface area contributed by atoms with Gasteiger partial charge < -0.3 is 12.4 Å². The second-order valence-corrected chi connectivity index (χ2v) is 5.25. The second-order valence-electron chi connectivity index (χ2n) is 5.25. The maximum Gasteiger partial charge on any atom is 0.222 e. The third kappa shape index (κ3) is 11.1. The highest BCUT2D eigenvalue weighted by molar-refractivity contribution is 4.83. The number of hydrogen-bond donors (Lipinski definition) is 0. The Morgan fingerprint density at radius 3 is 1.75 bits per heavy atom. The summed E-state index contributed by atoms with van der Waals surface area (Å²) in [5.74, 6) is 0. The molecule has 0 aliphatic rings. The van der Waals surface area contributed by atoms with Crippen molar-refractivity contribution in [3.05, 3.63) is 30.6 Å². The highest BCUT2D eigenvalue weighted by atomic mass is 35.5. The summed E-state index contributed by atoms with van der Waals surface area (Å²) < 4.78 is 1.79. The fourth-order valence-corrected chi connectivity index (χ4v) is 2.23. The van der Waals surface area contributed by atoms with Crippen molar-refractivity contribution in [1.82, 2.24) is 0 Å². The van der Waals surface area contributed by atoms with Gasteiger partial charge in [0.1, 0.15) is 0 Å². The molecule has 20 heavy (non-hydrogen) atoms. The Hall–Kier alpha value is -0.760. The molecule has 0 saturated carbocycles. The minimum Gasteiger partial charge on any atom is -1.00 e. The molecule has 116 valence electrons. The number of unbranched alkanes of at least 4 members (excludes halogenated alkanes) is 9. The van der Waals surface area contributed by atoms with Crippen molar-refractivity contribution < 1.29 is 22.0 Å². The van der Waals surface area contributed by atoms with E-state index >= 15 is 0 Å². The molecule has 0 unspecified atom stereocenters. The number of halogens is 1. The number of nitrogens with zero attached hydrogens (tertiary/aromatic N) is 1. The van der Waals surface area contributed by atoms with E-state index in [1.165, 1.54) is 57.8 Å². The van der Waals surface area contributed by atoms with Gasteiger partial charge in [0.25, 0.3) is 0 Å². The molecule has 1 rings (SSSR count). The Labute approximate surface area is 130 Å². The maximum atomic E-state index is 5.59. The van der Waals surface area contributed by atoms with Crippen LogP contribution in [0.2, 0.25) is 0 Å². The van der Waals surface area contributed by atoms with E-state index in [1.54, 1.807) is 4.73 Å². The van der Waals surface area contributed by atoms with E-state index in [9.17, 15) is 0 Å². The third-order valence-electron chi connectivity index (χ3n) is 3.43. The summed E-state index contributed by atoms with van der Waals surface area (Å²) >= 11 is 0. The average Bonchev–Trinajstić information content (AvgIpc) is 2.46. The van der Waals surface area contributed by atoms with Crippen LogP contribution < -0.4 is 22.0 Å². The van der Waals surface area contributed by atoms with Crippen LogP contribution in [0.1, 0.15) is 71.1 Å². The molecule has 2 nitrogen and oxygen atoms in total. The molecule has 1 aromatic heterocycles. The molecule has 0 spiro atoms. The molecule has 0 atom stereocenters. The Bertz CT molecular complexity index is 292. The van der Waals surface area contributed by atoms with Crippen LogP contribution in [0.3, 0.4) is 0 Å². The smallest absolute Gasteiger partial charge is 0.222 e. The van der Waals surface area contributed by atoms with Crippen LogP contribution in [0.5, 0.6) is 0 Å². The van der Waals surface area contributed by atoms with Crippen LogP contribution in [0, 0.1) is 0 Å². The summed E-state index contributed by atoms with van der Waals surface area (Å²) in [6.07, 6.45) is 17.6. The SMILES string of the molecule is CCCCCCCCCCCCO[n+]1ccccc1.[Cl-]. The molecule has 0 aromatic carbocycles. The predicted molar refractivity (Wildman–Crippen MR) is 79.9 cm³/mol. The van der Waals surface area contributed by atoms with Crippen molar-refractivity contribution in [1.29, 1.82) is 0 Å². The highest BCUT2D eigenvalue weighted by Crippen LogP contribution is 2.10. The summed E-state index contributed by atoms with van der Waals surface area (Å²) in [6.45, 7) is 3.10. The molecular formula is C17H30ClNO. The fourth-order valence-electron chi connectivity index (χ4n) is 2.23. The monoisotopic (exact) mass is 299 g/mol. The molecule has 0 radical (unpaired) electrons. The van der Waals surface area contributed by atoms with Gasteiger partial charge in [-0.1, -0.05) is 64.4 Å². The minimum atomic E-state index is 0. The van der Waals surface area contributed by atoms with Gasteiger partial charge in [0, 0.05) is 16.9 Å². The molecule has 0 amide bonds. The van der Waals surface area contributed by atoms with Crippen molar-refractivity contribution in [2.24, 2.45) is 0 Å². The van der Waals surface area contributed by atoms with E-state index in [1.807, 2.05) is 30.6 Å².